The monoisotopic (exact) mass is 355 g/mol. The standard InChI is InChI=1S/C17H22ClNO5/c1-10(20)13(11-6-5-7-12(18)8-11)9-14(15(21)22)19-16(23)24-17(2,3)4/h5-8,13-14H,9H2,1-4H3,(H,19,23)(H,21,22)/t13?,14-/m1/s1. The average molecular weight is 356 g/mol. The van der Waals surface area contributed by atoms with E-state index in [0.717, 1.165) is 0 Å². The van der Waals surface area contributed by atoms with Crippen molar-refractivity contribution >= 4 is 29.4 Å². The van der Waals surface area contributed by atoms with Crippen molar-refractivity contribution in [3.63, 3.8) is 0 Å². The largest absolute Gasteiger partial charge is 0.480 e. The Labute approximate surface area is 146 Å². The zero-order valence-corrected chi connectivity index (χ0v) is 14.9. The number of hydrogen-bond acceptors (Lipinski definition) is 4. The highest BCUT2D eigenvalue weighted by molar-refractivity contribution is 6.30. The molecule has 0 saturated heterocycles. The molecule has 24 heavy (non-hydrogen) atoms. The molecule has 6 nitrogen and oxygen atoms in total. The number of carboxylic acids is 1. The van der Waals surface area contributed by atoms with Crippen molar-refractivity contribution in [1.29, 1.82) is 0 Å². The number of ether oxygens (including phenoxy) is 1. The minimum Gasteiger partial charge on any atom is -0.480 e. The Bertz CT molecular complexity index is 624. The van der Waals surface area contributed by atoms with E-state index in [1.807, 2.05) is 0 Å². The molecule has 132 valence electrons. The zero-order chi connectivity index (χ0) is 18.5. The van der Waals surface area contributed by atoms with Crippen molar-refractivity contribution in [2.45, 2.75) is 51.7 Å². The molecule has 0 aliphatic carbocycles. The molecule has 1 unspecified atom stereocenters. The number of amides is 1. The van der Waals surface area contributed by atoms with Crippen LogP contribution in [0.25, 0.3) is 0 Å². The SMILES string of the molecule is CC(=O)C(C[C@@H](NC(=O)OC(C)(C)C)C(=O)O)c1cccc(Cl)c1. The lowest BCUT2D eigenvalue weighted by atomic mass is 9.89. The molecule has 0 bridgehead atoms. The quantitative estimate of drug-likeness (QED) is 0.816. The summed E-state index contributed by atoms with van der Waals surface area (Å²) in [5.74, 6) is -2.15. The highest BCUT2D eigenvalue weighted by Crippen LogP contribution is 2.25. The second kappa shape index (κ2) is 8.15. The van der Waals surface area contributed by atoms with Crippen molar-refractivity contribution in [1.82, 2.24) is 5.32 Å². The molecule has 0 aliphatic rings. The first-order chi connectivity index (χ1) is 11.0. The highest BCUT2D eigenvalue weighted by Gasteiger charge is 2.29. The number of carbonyl (C=O) groups is 3. The second-order valence-corrected chi connectivity index (χ2v) is 6.93. The fourth-order valence-corrected chi connectivity index (χ4v) is 2.37. The molecular formula is C17H22ClNO5. The van der Waals surface area contributed by atoms with E-state index in [-0.39, 0.29) is 12.2 Å². The lowest BCUT2D eigenvalue weighted by Crippen LogP contribution is -2.44. The Kier molecular flexibility index (Phi) is 6.78. The Balaban J connectivity index is 2.93. The molecule has 0 spiro atoms. The van der Waals surface area contributed by atoms with Gasteiger partial charge in [0, 0.05) is 10.9 Å². The summed E-state index contributed by atoms with van der Waals surface area (Å²) in [5.41, 5.74) is -0.146. The van der Waals surface area contributed by atoms with E-state index in [1.54, 1.807) is 45.0 Å². The van der Waals surface area contributed by atoms with Crippen molar-refractivity contribution in [3.8, 4) is 0 Å². The van der Waals surface area contributed by atoms with Gasteiger partial charge in [0.1, 0.15) is 17.4 Å². The van der Waals surface area contributed by atoms with Crippen LogP contribution in [-0.4, -0.2) is 34.6 Å². The lowest BCUT2D eigenvalue weighted by Gasteiger charge is -2.24. The van der Waals surface area contributed by atoms with Gasteiger partial charge in [-0.3, -0.25) is 4.79 Å². The van der Waals surface area contributed by atoms with Gasteiger partial charge in [-0.1, -0.05) is 23.7 Å². The van der Waals surface area contributed by atoms with Crippen LogP contribution >= 0.6 is 11.6 Å². The molecule has 0 aromatic heterocycles. The number of rotatable bonds is 6. The number of carbonyl (C=O) groups excluding carboxylic acids is 2. The van der Waals surface area contributed by atoms with Gasteiger partial charge in [0.25, 0.3) is 0 Å². The topological polar surface area (TPSA) is 92.7 Å². The molecule has 0 fully saturated rings. The fraction of sp³-hybridized carbons (Fsp3) is 0.471. The minimum absolute atomic E-state index is 0.0930. The summed E-state index contributed by atoms with van der Waals surface area (Å²) in [7, 11) is 0. The molecule has 2 atom stereocenters. The van der Waals surface area contributed by atoms with Gasteiger partial charge >= 0.3 is 12.1 Å². The first-order valence-corrected chi connectivity index (χ1v) is 7.85. The summed E-state index contributed by atoms with van der Waals surface area (Å²) in [6.45, 7) is 6.39. The number of Topliss-reactive ketones (excluding diaryl/α,β-unsaturated/α-hetero) is 1. The van der Waals surface area contributed by atoms with Gasteiger partial charge in [-0.25, -0.2) is 9.59 Å². The van der Waals surface area contributed by atoms with Gasteiger partial charge in [-0.05, 0) is 51.8 Å². The van der Waals surface area contributed by atoms with E-state index in [1.165, 1.54) is 6.92 Å². The number of aliphatic carboxylic acids is 1. The smallest absolute Gasteiger partial charge is 0.408 e. The van der Waals surface area contributed by atoms with Gasteiger partial charge in [0.2, 0.25) is 0 Å². The van der Waals surface area contributed by atoms with E-state index >= 15 is 0 Å². The number of halogens is 1. The normalized spacial score (nSPS) is 13.7. The first-order valence-electron chi connectivity index (χ1n) is 7.48. The molecule has 1 rings (SSSR count). The Morgan fingerprint density at radius 3 is 2.38 bits per heavy atom. The first kappa shape index (κ1) is 20.0. The van der Waals surface area contributed by atoms with E-state index in [2.05, 4.69) is 5.32 Å². The van der Waals surface area contributed by atoms with Gasteiger partial charge in [0.15, 0.2) is 0 Å². The summed E-state index contributed by atoms with van der Waals surface area (Å²) in [6, 6.07) is 5.40. The molecule has 0 saturated carbocycles. The molecule has 0 radical (unpaired) electrons. The minimum atomic E-state index is -1.26. The second-order valence-electron chi connectivity index (χ2n) is 6.49. The van der Waals surface area contributed by atoms with Crippen LogP contribution in [0.1, 0.15) is 45.6 Å². The van der Waals surface area contributed by atoms with Crippen molar-refractivity contribution in [2.24, 2.45) is 0 Å². The number of nitrogens with one attached hydrogen (secondary N) is 1. The van der Waals surface area contributed by atoms with Crippen LogP contribution in [0.15, 0.2) is 24.3 Å². The van der Waals surface area contributed by atoms with Gasteiger partial charge in [-0.15, -0.1) is 0 Å². The Hall–Kier alpha value is -2.08. The number of alkyl carbamates (subject to hydrolysis) is 1. The average Bonchev–Trinajstić information content (AvgIpc) is 2.40. The van der Waals surface area contributed by atoms with Gasteiger partial charge in [0.05, 0.1) is 0 Å². The van der Waals surface area contributed by atoms with Crippen molar-refractivity contribution in [2.75, 3.05) is 0 Å². The maximum absolute atomic E-state index is 11.9. The maximum atomic E-state index is 11.9. The molecule has 1 aromatic carbocycles. The van der Waals surface area contributed by atoms with Crippen LogP contribution < -0.4 is 5.32 Å². The molecular weight excluding hydrogens is 334 g/mol. The van der Waals surface area contributed by atoms with E-state index in [4.69, 9.17) is 16.3 Å². The van der Waals surface area contributed by atoms with Gasteiger partial charge in [-0.2, -0.15) is 0 Å². The summed E-state index contributed by atoms with van der Waals surface area (Å²) in [6.07, 6.45) is -0.937. The summed E-state index contributed by atoms with van der Waals surface area (Å²) in [5, 5.41) is 12.1. The molecule has 1 amide bonds. The highest BCUT2D eigenvalue weighted by atomic mass is 35.5. The number of ketones is 1. The van der Waals surface area contributed by atoms with Crippen LogP contribution in [-0.2, 0) is 14.3 Å². The summed E-state index contributed by atoms with van der Waals surface area (Å²) in [4.78, 5) is 35.2. The van der Waals surface area contributed by atoms with Crippen LogP contribution in [0.5, 0.6) is 0 Å². The predicted octanol–water partition coefficient (Wildman–Crippen LogP) is 3.38. The third kappa shape index (κ3) is 6.58. The van der Waals surface area contributed by atoms with Crippen LogP contribution in [0.4, 0.5) is 4.79 Å². The van der Waals surface area contributed by atoms with Gasteiger partial charge < -0.3 is 15.2 Å². The van der Waals surface area contributed by atoms with Crippen molar-refractivity contribution in [3.05, 3.63) is 34.9 Å². The summed E-state index contributed by atoms with van der Waals surface area (Å²) < 4.78 is 5.07. The Morgan fingerprint density at radius 1 is 1.29 bits per heavy atom. The third-order valence-electron chi connectivity index (χ3n) is 3.20. The molecule has 0 aliphatic heterocycles. The molecule has 2 N–H and O–H groups in total. The van der Waals surface area contributed by atoms with Crippen LogP contribution in [0, 0.1) is 0 Å². The maximum Gasteiger partial charge on any atom is 0.408 e. The zero-order valence-electron chi connectivity index (χ0n) is 14.1. The lowest BCUT2D eigenvalue weighted by molar-refractivity contribution is -0.139. The van der Waals surface area contributed by atoms with E-state index in [9.17, 15) is 19.5 Å². The number of benzene rings is 1. The molecule has 1 aromatic rings. The molecule has 7 heteroatoms. The van der Waals surface area contributed by atoms with E-state index < -0.39 is 29.6 Å². The number of carboxylic acid groups (broad SMARTS) is 1. The predicted molar refractivity (Wildman–Crippen MR) is 90.3 cm³/mol. The number of hydrogen-bond donors (Lipinski definition) is 2. The third-order valence-corrected chi connectivity index (χ3v) is 3.44. The Morgan fingerprint density at radius 2 is 1.92 bits per heavy atom. The van der Waals surface area contributed by atoms with E-state index in [0.29, 0.717) is 10.6 Å². The van der Waals surface area contributed by atoms with Crippen molar-refractivity contribution < 1.29 is 24.2 Å². The van der Waals surface area contributed by atoms with Crippen LogP contribution in [0.2, 0.25) is 5.02 Å². The molecule has 0 heterocycles. The summed E-state index contributed by atoms with van der Waals surface area (Å²) >= 11 is 5.93. The van der Waals surface area contributed by atoms with Crippen LogP contribution in [0.3, 0.4) is 0 Å². The fourth-order valence-electron chi connectivity index (χ4n) is 2.17.